The molecule has 1 rings (SSSR count). The van der Waals surface area contributed by atoms with E-state index in [0.29, 0.717) is 0 Å². The van der Waals surface area contributed by atoms with Gasteiger partial charge >= 0.3 is 29.6 Å². The van der Waals surface area contributed by atoms with Crippen molar-refractivity contribution < 1.29 is 13.0 Å². The molecule has 0 bridgehead atoms. The van der Waals surface area contributed by atoms with Crippen LogP contribution in [0.3, 0.4) is 0 Å². The predicted molar refractivity (Wildman–Crippen MR) is 58.2 cm³/mol. The fourth-order valence-electron chi connectivity index (χ4n) is 0.890. The van der Waals surface area contributed by atoms with Crippen LogP contribution in [0.4, 0.5) is 0 Å². The Hall–Kier alpha value is 0.710. The van der Waals surface area contributed by atoms with Crippen LogP contribution in [-0.4, -0.2) is 42.5 Å². The molecule has 7 heteroatoms. The molecule has 0 aliphatic rings. The van der Waals surface area contributed by atoms with Gasteiger partial charge in [0.2, 0.25) is 0 Å². The molecule has 0 unspecified atom stereocenters. The molecule has 0 aliphatic carbocycles. The second kappa shape index (κ2) is 5.16. The summed E-state index contributed by atoms with van der Waals surface area (Å²) >= 11 is 11.2. The molecule has 1 aromatic carbocycles. The van der Waals surface area contributed by atoms with Crippen LogP contribution >= 0.6 is 23.2 Å². The zero-order valence-corrected chi connectivity index (χ0v) is 8.91. The van der Waals surface area contributed by atoms with Crippen molar-refractivity contribution in [2.24, 2.45) is 0 Å². The van der Waals surface area contributed by atoms with Gasteiger partial charge in [-0.1, -0.05) is 23.2 Å². The molecule has 0 radical (unpaired) electrons. The minimum atomic E-state index is -4.25. The topological polar surface area (TPSA) is 54.4 Å². The van der Waals surface area contributed by atoms with Crippen LogP contribution in [0.5, 0.6) is 0 Å². The molecule has 0 aliphatic heterocycles. The first kappa shape index (κ1) is 14.7. The first-order valence-corrected chi connectivity index (χ1v) is 5.45. The van der Waals surface area contributed by atoms with Crippen LogP contribution < -0.4 is 0 Å². The number of hydrogen-bond donors (Lipinski definition) is 1. The molecule has 0 atom stereocenters. The molecule has 0 spiro atoms. The van der Waals surface area contributed by atoms with Crippen molar-refractivity contribution in [2.45, 2.75) is 11.8 Å². The number of halogens is 2. The normalized spacial score (nSPS) is 10.9. The third-order valence-corrected chi connectivity index (χ3v) is 3.13. The number of benzene rings is 1. The SMILES string of the molecule is Cc1c(Cl)cc(Cl)cc1S(=O)(=O)O.[NaH]. The third-order valence-electron chi connectivity index (χ3n) is 1.54. The van der Waals surface area contributed by atoms with Gasteiger partial charge in [-0.2, -0.15) is 8.42 Å². The monoisotopic (exact) mass is 264 g/mol. The van der Waals surface area contributed by atoms with E-state index in [1.807, 2.05) is 0 Å². The summed E-state index contributed by atoms with van der Waals surface area (Å²) in [7, 11) is -4.25. The van der Waals surface area contributed by atoms with Crippen molar-refractivity contribution >= 4 is 62.9 Å². The number of hydrogen-bond acceptors (Lipinski definition) is 2. The zero-order chi connectivity index (χ0) is 10.2. The van der Waals surface area contributed by atoms with Gasteiger partial charge in [-0.05, 0) is 24.6 Å². The number of rotatable bonds is 1. The van der Waals surface area contributed by atoms with Crippen LogP contribution in [-0.2, 0) is 10.1 Å². The summed E-state index contributed by atoms with van der Waals surface area (Å²) in [6.07, 6.45) is 0. The fraction of sp³-hybridized carbons (Fsp3) is 0.143. The van der Waals surface area contributed by atoms with Gasteiger partial charge in [-0.25, -0.2) is 0 Å². The van der Waals surface area contributed by atoms with E-state index in [2.05, 4.69) is 0 Å². The Balaban J connectivity index is 0.00000169. The molecule has 1 N–H and O–H groups in total. The van der Waals surface area contributed by atoms with Crippen LogP contribution in [0.1, 0.15) is 5.56 Å². The first-order valence-electron chi connectivity index (χ1n) is 3.25. The molecule has 0 fully saturated rings. The molecular weight excluding hydrogens is 258 g/mol. The van der Waals surface area contributed by atoms with Gasteiger partial charge in [-0.3, -0.25) is 4.55 Å². The van der Waals surface area contributed by atoms with Crippen molar-refractivity contribution in [1.29, 1.82) is 0 Å². The molecule has 0 amide bonds. The summed E-state index contributed by atoms with van der Waals surface area (Å²) in [4.78, 5) is -0.259. The van der Waals surface area contributed by atoms with Gasteiger partial charge in [0.05, 0.1) is 4.90 Å². The van der Waals surface area contributed by atoms with Crippen molar-refractivity contribution in [1.82, 2.24) is 0 Å². The van der Waals surface area contributed by atoms with Gasteiger partial charge in [0.15, 0.2) is 0 Å². The van der Waals surface area contributed by atoms with Gasteiger partial charge in [0.25, 0.3) is 10.1 Å². The van der Waals surface area contributed by atoms with E-state index >= 15 is 0 Å². The van der Waals surface area contributed by atoms with E-state index in [4.69, 9.17) is 27.8 Å². The Morgan fingerprint density at radius 3 is 2.21 bits per heavy atom. The van der Waals surface area contributed by atoms with E-state index in [0.717, 1.165) is 6.07 Å². The molecule has 3 nitrogen and oxygen atoms in total. The quantitative estimate of drug-likeness (QED) is 0.623. The minimum absolute atomic E-state index is 0. The maximum absolute atomic E-state index is 10.8. The summed E-state index contributed by atoms with van der Waals surface area (Å²) in [5, 5.41) is 0.378. The summed E-state index contributed by atoms with van der Waals surface area (Å²) in [5.74, 6) is 0. The van der Waals surface area contributed by atoms with Crippen molar-refractivity contribution in [3.8, 4) is 0 Å². The van der Waals surface area contributed by atoms with Gasteiger partial charge in [-0.15, -0.1) is 0 Å². The molecule has 1 aromatic rings. The van der Waals surface area contributed by atoms with Gasteiger partial charge in [0.1, 0.15) is 0 Å². The molecule has 0 saturated heterocycles. The van der Waals surface area contributed by atoms with E-state index in [1.165, 1.54) is 13.0 Å². The van der Waals surface area contributed by atoms with Crippen LogP contribution in [0, 0.1) is 6.92 Å². The summed E-state index contributed by atoms with van der Waals surface area (Å²) in [6.45, 7) is 1.49. The molecule has 74 valence electrons. The predicted octanol–water partition coefficient (Wildman–Crippen LogP) is 1.90. The summed E-state index contributed by atoms with van der Waals surface area (Å²) in [5.41, 5.74) is 0.286. The van der Waals surface area contributed by atoms with Crippen LogP contribution in [0.25, 0.3) is 0 Å². The van der Waals surface area contributed by atoms with E-state index in [-0.39, 0.29) is 50.1 Å². The van der Waals surface area contributed by atoms with Crippen molar-refractivity contribution in [3.05, 3.63) is 27.7 Å². The van der Waals surface area contributed by atoms with Crippen LogP contribution in [0.2, 0.25) is 10.0 Å². The average Bonchev–Trinajstić information content (AvgIpc) is 1.94. The first-order chi connectivity index (χ1) is 5.82. The Morgan fingerprint density at radius 1 is 1.29 bits per heavy atom. The van der Waals surface area contributed by atoms with Crippen molar-refractivity contribution in [3.63, 3.8) is 0 Å². The van der Waals surface area contributed by atoms with Crippen molar-refractivity contribution in [2.75, 3.05) is 0 Å². The second-order valence-corrected chi connectivity index (χ2v) is 4.72. The second-order valence-electron chi connectivity index (χ2n) is 2.49. The molecule has 0 aromatic heterocycles. The maximum atomic E-state index is 10.8. The van der Waals surface area contributed by atoms with Crippen LogP contribution in [0.15, 0.2) is 17.0 Å². The Morgan fingerprint density at radius 2 is 1.79 bits per heavy atom. The van der Waals surface area contributed by atoms with E-state index < -0.39 is 10.1 Å². The summed E-state index contributed by atoms with van der Waals surface area (Å²) in [6, 6.07) is 2.56. The third kappa shape index (κ3) is 3.38. The van der Waals surface area contributed by atoms with E-state index in [1.54, 1.807) is 0 Å². The molecule has 14 heavy (non-hydrogen) atoms. The Kier molecular flexibility index (Phi) is 5.43. The fourth-order valence-corrected chi connectivity index (χ4v) is 2.28. The molecule has 0 saturated carbocycles. The Labute approximate surface area is 114 Å². The summed E-state index contributed by atoms with van der Waals surface area (Å²) < 4.78 is 30.4. The zero-order valence-electron chi connectivity index (χ0n) is 6.58. The molecule has 0 heterocycles. The average molecular weight is 265 g/mol. The van der Waals surface area contributed by atoms with E-state index in [9.17, 15) is 8.42 Å². The van der Waals surface area contributed by atoms with Gasteiger partial charge < -0.3 is 0 Å². The Bertz CT molecular complexity index is 444. The van der Waals surface area contributed by atoms with Gasteiger partial charge in [0, 0.05) is 10.0 Å². The molecular formula is C7H7Cl2NaO3S. The standard InChI is InChI=1S/C7H6Cl2O3S.Na.H/c1-4-6(9)2-5(8)3-7(4)13(10,11)12;;/h2-3H,1H3,(H,10,11,12);;.